The minimum Gasteiger partial charge on any atom is -0.490 e. The molecule has 0 saturated heterocycles. The normalized spacial score (nSPS) is 11.6. The van der Waals surface area contributed by atoms with Crippen LogP contribution in [0.25, 0.3) is 0 Å². The minimum atomic E-state index is 0.559. The van der Waals surface area contributed by atoms with Gasteiger partial charge >= 0.3 is 0 Å². The Balaban J connectivity index is 2.08. The molecule has 7 nitrogen and oxygen atoms in total. The molecule has 0 aliphatic carbocycles. The Morgan fingerprint density at radius 2 is 2.09 bits per heavy atom. The van der Waals surface area contributed by atoms with Crippen LogP contribution in [0.15, 0.2) is 29.5 Å². The number of pyridine rings is 1. The molecule has 2 N–H and O–H groups in total. The number of likely N-dealkylation sites (N-methyl/N-ethyl adjacent to an activating group) is 1. The summed E-state index contributed by atoms with van der Waals surface area (Å²) in [5.74, 6) is 1.56. The van der Waals surface area contributed by atoms with E-state index in [1.807, 2.05) is 12.1 Å². The maximum atomic E-state index is 5.57. The van der Waals surface area contributed by atoms with Gasteiger partial charge in [0, 0.05) is 46.6 Å². The molecule has 1 aromatic rings. The number of aromatic nitrogens is 1. The highest BCUT2D eigenvalue weighted by Crippen LogP contribution is 2.04. The van der Waals surface area contributed by atoms with Crippen LogP contribution in [-0.2, 0) is 4.74 Å². The average molecular weight is 323 g/mol. The van der Waals surface area contributed by atoms with Crippen LogP contribution in [0.3, 0.4) is 0 Å². The summed E-state index contributed by atoms with van der Waals surface area (Å²) >= 11 is 0. The molecule has 0 radical (unpaired) electrons. The van der Waals surface area contributed by atoms with Gasteiger partial charge in [-0.15, -0.1) is 0 Å². The SMILES string of the molecule is CN=C(NCCOc1cccnc1)NCCN(C)CCCOC. The molecule has 0 aliphatic heterocycles. The van der Waals surface area contributed by atoms with Crippen molar-refractivity contribution in [2.75, 3.05) is 60.6 Å². The topological polar surface area (TPSA) is 71.0 Å². The van der Waals surface area contributed by atoms with Crippen LogP contribution < -0.4 is 15.4 Å². The van der Waals surface area contributed by atoms with Gasteiger partial charge in [-0.1, -0.05) is 0 Å². The summed E-state index contributed by atoms with van der Waals surface area (Å²) in [6, 6.07) is 3.74. The van der Waals surface area contributed by atoms with Crippen molar-refractivity contribution in [1.82, 2.24) is 20.5 Å². The zero-order valence-electron chi connectivity index (χ0n) is 14.4. The van der Waals surface area contributed by atoms with E-state index in [1.165, 1.54) is 0 Å². The third-order valence-electron chi connectivity index (χ3n) is 3.20. The Labute approximate surface area is 139 Å². The van der Waals surface area contributed by atoms with Crippen molar-refractivity contribution in [2.45, 2.75) is 6.42 Å². The van der Waals surface area contributed by atoms with Crippen LogP contribution in [0, 0.1) is 0 Å². The van der Waals surface area contributed by atoms with Crippen LogP contribution >= 0.6 is 0 Å². The van der Waals surface area contributed by atoms with Crippen molar-refractivity contribution < 1.29 is 9.47 Å². The van der Waals surface area contributed by atoms with E-state index < -0.39 is 0 Å². The smallest absolute Gasteiger partial charge is 0.191 e. The van der Waals surface area contributed by atoms with Gasteiger partial charge in [-0.05, 0) is 25.6 Å². The van der Waals surface area contributed by atoms with Crippen molar-refractivity contribution >= 4 is 5.96 Å². The van der Waals surface area contributed by atoms with E-state index in [-0.39, 0.29) is 0 Å². The molecule has 130 valence electrons. The van der Waals surface area contributed by atoms with Gasteiger partial charge in [0.25, 0.3) is 0 Å². The number of methoxy groups -OCH3 is 1. The number of nitrogens with one attached hydrogen (secondary N) is 2. The van der Waals surface area contributed by atoms with Gasteiger partial charge in [0.05, 0.1) is 12.7 Å². The van der Waals surface area contributed by atoms with Gasteiger partial charge in [-0.3, -0.25) is 9.98 Å². The van der Waals surface area contributed by atoms with Crippen molar-refractivity contribution in [3.8, 4) is 5.75 Å². The second-order valence-corrected chi connectivity index (χ2v) is 5.11. The standard InChI is InChI=1S/C16H29N5O2/c1-17-16(19-8-11-21(2)10-5-12-22-3)20-9-13-23-15-6-4-7-18-14-15/h4,6-7,14H,5,8-13H2,1-3H3,(H2,17,19,20). The largest absolute Gasteiger partial charge is 0.490 e. The summed E-state index contributed by atoms with van der Waals surface area (Å²) in [5, 5.41) is 6.51. The molecule has 0 aliphatic rings. The number of ether oxygens (including phenoxy) is 2. The molecule has 1 aromatic heterocycles. The van der Waals surface area contributed by atoms with Crippen molar-refractivity contribution in [1.29, 1.82) is 0 Å². The van der Waals surface area contributed by atoms with Crippen LogP contribution in [0.2, 0.25) is 0 Å². The highest BCUT2D eigenvalue weighted by atomic mass is 16.5. The maximum absolute atomic E-state index is 5.57. The second kappa shape index (κ2) is 12.7. The first-order chi connectivity index (χ1) is 11.3. The van der Waals surface area contributed by atoms with Crippen LogP contribution in [0.1, 0.15) is 6.42 Å². The fraction of sp³-hybridized carbons (Fsp3) is 0.625. The monoisotopic (exact) mass is 323 g/mol. The minimum absolute atomic E-state index is 0.559. The summed E-state index contributed by atoms with van der Waals surface area (Å²) in [5.41, 5.74) is 0. The van der Waals surface area contributed by atoms with E-state index in [2.05, 4.69) is 32.6 Å². The molecule has 23 heavy (non-hydrogen) atoms. The Bertz CT molecular complexity index is 428. The number of hydrogen-bond acceptors (Lipinski definition) is 5. The summed E-state index contributed by atoms with van der Waals surface area (Å²) < 4.78 is 10.6. The quantitative estimate of drug-likeness (QED) is 0.353. The summed E-state index contributed by atoms with van der Waals surface area (Å²) in [6.45, 7) is 4.86. The molecule has 0 amide bonds. The van der Waals surface area contributed by atoms with Crippen molar-refractivity contribution in [3.05, 3.63) is 24.5 Å². The Morgan fingerprint density at radius 3 is 2.78 bits per heavy atom. The molecule has 7 heteroatoms. The summed E-state index contributed by atoms with van der Waals surface area (Å²) in [4.78, 5) is 10.5. The molecule has 0 aromatic carbocycles. The first-order valence-electron chi connectivity index (χ1n) is 7.91. The predicted octanol–water partition coefficient (Wildman–Crippen LogP) is 0.594. The molecule has 0 bridgehead atoms. The van der Waals surface area contributed by atoms with E-state index in [9.17, 15) is 0 Å². The Hall–Kier alpha value is -1.86. The third-order valence-corrected chi connectivity index (χ3v) is 3.20. The number of aliphatic imine (C=N–C) groups is 1. The van der Waals surface area contributed by atoms with E-state index in [0.29, 0.717) is 13.2 Å². The zero-order chi connectivity index (χ0) is 16.8. The zero-order valence-corrected chi connectivity index (χ0v) is 14.4. The average Bonchev–Trinajstić information content (AvgIpc) is 2.58. The van der Waals surface area contributed by atoms with Crippen molar-refractivity contribution in [3.63, 3.8) is 0 Å². The molecule has 0 saturated carbocycles. The molecule has 0 atom stereocenters. The molecule has 0 fully saturated rings. The second-order valence-electron chi connectivity index (χ2n) is 5.11. The van der Waals surface area contributed by atoms with E-state index in [1.54, 1.807) is 26.6 Å². The molecular formula is C16H29N5O2. The van der Waals surface area contributed by atoms with E-state index in [0.717, 1.165) is 44.4 Å². The number of rotatable bonds is 11. The fourth-order valence-electron chi connectivity index (χ4n) is 1.95. The lowest BCUT2D eigenvalue weighted by atomic mass is 10.4. The summed E-state index contributed by atoms with van der Waals surface area (Å²) in [6.07, 6.45) is 4.47. The molecular weight excluding hydrogens is 294 g/mol. The van der Waals surface area contributed by atoms with Gasteiger partial charge in [0.15, 0.2) is 5.96 Å². The fourth-order valence-corrected chi connectivity index (χ4v) is 1.95. The highest BCUT2D eigenvalue weighted by molar-refractivity contribution is 5.79. The number of guanidine groups is 1. The molecule has 1 rings (SSSR count). The molecule has 0 unspecified atom stereocenters. The lowest BCUT2D eigenvalue weighted by Crippen LogP contribution is -2.42. The van der Waals surface area contributed by atoms with Crippen LogP contribution in [0.5, 0.6) is 5.75 Å². The number of hydrogen-bond donors (Lipinski definition) is 2. The number of nitrogens with zero attached hydrogens (tertiary/aromatic N) is 3. The lowest BCUT2D eigenvalue weighted by Gasteiger charge is -2.18. The van der Waals surface area contributed by atoms with Gasteiger partial charge in [-0.2, -0.15) is 0 Å². The summed E-state index contributed by atoms with van der Waals surface area (Å²) in [7, 11) is 5.60. The van der Waals surface area contributed by atoms with Gasteiger partial charge in [0.2, 0.25) is 0 Å². The van der Waals surface area contributed by atoms with Gasteiger partial charge in [0.1, 0.15) is 12.4 Å². The van der Waals surface area contributed by atoms with Crippen molar-refractivity contribution in [2.24, 2.45) is 4.99 Å². The first kappa shape index (κ1) is 19.2. The predicted molar refractivity (Wildman–Crippen MR) is 93.1 cm³/mol. The first-order valence-corrected chi connectivity index (χ1v) is 7.91. The molecule has 0 spiro atoms. The lowest BCUT2D eigenvalue weighted by molar-refractivity contribution is 0.180. The highest BCUT2D eigenvalue weighted by Gasteiger charge is 2.00. The Morgan fingerprint density at radius 1 is 1.26 bits per heavy atom. The van der Waals surface area contributed by atoms with Crippen LogP contribution in [-0.4, -0.2) is 76.4 Å². The van der Waals surface area contributed by atoms with Gasteiger partial charge < -0.3 is 25.0 Å². The van der Waals surface area contributed by atoms with Gasteiger partial charge in [-0.25, -0.2) is 0 Å². The molecule has 1 heterocycles. The maximum Gasteiger partial charge on any atom is 0.191 e. The van der Waals surface area contributed by atoms with E-state index in [4.69, 9.17) is 9.47 Å². The third kappa shape index (κ3) is 9.70. The Kier molecular flexibility index (Phi) is 10.6. The van der Waals surface area contributed by atoms with E-state index >= 15 is 0 Å². The van der Waals surface area contributed by atoms with Crippen LogP contribution in [0.4, 0.5) is 0 Å².